The zero-order valence-electron chi connectivity index (χ0n) is 10.5. The maximum absolute atomic E-state index is 4.58. The zero-order valence-corrected chi connectivity index (χ0v) is 10.5. The average Bonchev–Trinajstić information content (AvgIpc) is 2.79. The number of hydrogen-bond acceptors (Lipinski definition) is 1. The minimum Gasteiger partial charge on any atom is -0.473 e. The van der Waals surface area contributed by atoms with Crippen LogP contribution >= 0.6 is 0 Å². The van der Waals surface area contributed by atoms with Crippen molar-refractivity contribution >= 4 is 7.28 Å². The highest BCUT2D eigenvalue weighted by molar-refractivity contribution is 6.37. The van der Waals surface area contributed by atoms with Crippen molar-refractivity contribution in [1.82, 2.24) is 0 Å². The van der Waals surface area contributed by atoms with Crippen molar-refractivity contribution in [2.45, 2.75) is 60.6 Å². The van der Waals surface area contributed by atoms with E-state index in [2.05, 4.69) is 39.3 Å². The first-order chi connectivity index (χ1) is 6.62. The molecule has 0 bridgehead atoms. The number of rotatable bonds is 2. The molecule has 0 aliphatic carbocycles. The first kappa shape index (κ1) is 19.8. The summed E-state index contributed by atoms with van der Waals surface area (Å²) in [5, 5.41) is 0.458. The maximum Gasteiger partial charge on any atom is 0.113 e. The molecule has 0 saturated heterocycles. The summed E-state index contributed by atoms with van der Waals surface area (Å²) in [6.07, 6.45) is 4.49. The second-order valence-electron chi connectivity index (χ2n) is 3.42. The van der Waals surface area contributed by atoms with E-state index in [1.54, 1.807) is 12.5 Å². The summed E-state index contributed by atoms with van der Waals surface area (Å²) in [5.41, 5.74) is 0. The molecule has 0 spiro atoms. The van der Waals surface area contributed by atoms with Crippen LogP contribution < -0.4 is 0 Å². The Balaban J connectivity index is -0.000000159. The van der Waals surface area contributed by atoms with Crippen molar-refractivity contribution in [3.05, 3.63) is 24.7 Å². The molecule has 0 unspecified atom stereocenters. The van der Waals surface area contributed by atoms with Crippen LogP contribution in [-0.4, -0.2) is 7.28 Å². The van der Waals surface area contributed by atoms with Crippen LogP contribution in [0.4, 0.5) is 0 Å². The van der Waals surface area contributed by atoms with Gasteiger partial charge in [0.2, 0.25) is 0 Å². The normalized spacial score (nSPS) is 8.40. The molecule has 0 aliphatic rings. The quantitative estimate of drug-likeness (QED) is 0.606. The summed E-state index contributed by atoms with van der Waals surface area (Å²) in [4.78, 5) is 0. The molecule has 0 N–H and O–H groups in total. The second-order valence-corrected chi connectivity index (χ2v) is 3.42. The minimum atomic E-state index is 0. The van der Waals surface area contributed by atoms with Gasteiger partial charge in [0.15, 0.2) is 0 Å². The molecule has 0 aromatic carbocycles. The Labute approximate surface area is 97.5 Å². The molecule has 0 amide bonds. The van der Waals surface area contributed by atoms with Gasteiger partial charge in [-0.2, -0.15) is 0 Å². The second kappa shape index (κ2) is 13.3. The van der Waals surface area contributed by atoms with E-state index in [-0.39, 0.29) is 7.43 Å². The molecule has 1 nitrogen and oxygen atoms in total. The van der Waals surface area contributed by atoms with E-state index in [1.165, 1.54) is 6.42 Å². The largest absolute Gasteiger partial charge is 0.473 e. The van der Waals surface area contributed by atoms with Crippen LogP contribution in [-0.2, 0) is 0 Å². The molecule has 1 aromatic rings. The predicted molar refractivity (Wildman–Crippen MR) is 72.7 cm³/mol. The molecule has 0 aliphatic heterocycles. The molecule has 1 rings (SSSR count). The van der Waals surface area contributed by atoms with Crippen molar-refractivity contribution in [2.24, 2.45) is 0 Å². The van der Waals surface area contributed by atoms with E-state index >= 15 is 0 Å². The summed E-state index contributed by atoms with van der Waals surface area (Å²) >= 11 is 0. The van der Waals surface area contributed by atoms with Crippen LogP contribution in [0, 0.1) is 0 Å². The smallest absolute Gasteiger partial charge is 0.113 e. The first-order valence-corrected chi connectivity index (χ1v) is 5.40. The van der Waals surface area contributed by atoms with Crippen LogP contribution in [0.15, 0.2) is 29.1 Å². The molecule has 1 aromatic heterocycles. The third-order valence-corrected chi connectivity index (χ3v) is 2.12. The third-order valence-electron chi connectivity index (χ3n) is 2.12. The Morgan fingerprint density at radius 2 is 1.53 bits per heavy atom. The van der Waals surface area contributed by atoms with Crippen LogP contribution in [0.3, 0.4) is 0 Å². The molecule has 15 heavy (non-hydrogen) atoms. The fraction of sp³-hybridized carbons (Fsp3) is 0.692. The number of furan rings is 1. The van der Waals surface area contributed by atoms with Crippen molar-refractivity contribution in [3.63, 3.8) is 0 Å². The fourth-order valence-electron chi connectivity index (χ4n) is 0.431. The molecule has 2 heteroatoms. The Morgan fingerprint density at radius 3 is 1.60 bits per heavy atom. The molecule has 1 radical (unpaired) electrons. The summed E-state index contributed by atoms with van der Waals surface area (Å²) in [6, 6.07) is 3.67. The fourth-order valence-corrected chi connectivity index (χ4v) is 0.431. The maximum atomic E-state index is 4.58. The lowest BCUT2D eigenvalue weighted by atomic mass is 9.55. The van der Waals surface area contributed by atoms with Gasteiger partial charge in [-0.25, -0.2) is 0 Å². The van der Waals surface area contributed by atoms with Gasteiger partial charge >= 0.3 is 0 Å². The van der Waals surface area contributed by atoms with Gasteiger partial charge < -0.3 is 4.42 Å². The van der Waals surface area contributed by atoms with E-state index in [0.29, 0.717) is 5.31 Å². The summed E-state index contributed by atoms with van der Waals surface area (Å²) in [6.45, 7) is 12.8. The lowest BCUT2D eigenvalue weighted by Crippen LogP contribution is -2.06. The Hall–Kier alpha value is -0.655. The monoisotopic (exact) mass is 211 g/mol. The van der Waals surface area contributed by atoms with Crippen LogP contribution in [0.25, 0.3) is 0 Å². The third kappa shape index (κ3) is 16.0. The summed E-state index contributed by atoms with van der Waals surface area (Å²) < 4.78 is 4.58. The molecule has 0 atom stereocenters. The first-order valence-electron chi connectivity index (χ1n) is 5.40. The highest BCUT2D eigenvalue weighted by Gasteiger charge is 2.10. The van der Waals surface area contributed by atoms with Gasteiger partial charge in [0.05, 0.1) is 12.5 Å². The minimum absolute atomic E-state index is 0. The van der Waals surface area contributed by atoms with Gasteiger partial charge in [0.1, 0.15) is 7.28 Å². The topological polar surface area (TPSA) is 13.1 Å². The van der Waals surface area contributed by atoms with Crippen molar-refractivity contribution in [2.75, 3.05) is 0 Å². The van der Waals surface area contributed by atoms with Gasteiger partial charge in [-0.05, 0) is 12.1 Å². The molecular formula is C13H28BO. The number of hydrogen-bond donors (Lipinski definition) is 0. The molecule has 0 fully saturated rings. The van der Waals surface area contributed by atoms with Crippen molar-refractivity contribution in [3.8, 4) is 0 Å². The lowest BCUT2D eigenvalue weighted by molar-refractivity contribution is 0.567. The van der Waals surface area contributed by atoms with Crippen LogP contribution in [0.1, 0.15) is 48.5 Å². The van der Waals surface area contributed by atoms with Gasteiger partial charge in [0, 0.05) is 0 Å². The van der Waals surface area contributed by atoms with E-state index in [0.717, 1.165) is 0 Å². The summed E-state index contributed by atoms with van der Waals surface area (Å²) in [5.74, 6) is 0. The van der Waals surface area contributed by atoms with Gasteiger partial charge in [0.25, 0.3) is 0 Å². The molecule has 1 heterocycles. The molecule has 89 valence electrons. The molecular weight excluding hydrogens is 183 g/mol. The van der Waals surface area contributed by atoms with E-state index in [1.807, 2.05) is 26.0 Å². The average molecular weight is 211 g/mol. The predicted octanol–water partition coefficient (Wildman–Crippen LogP) is 5.29. The Morgan fingerprint density at radius 1 is 1.13 bits per heavy atom. The van der Waals surface area contributed by atoms with E-state index in [4.69, 9.17) is 0 Å². The SMILES string of the molecule is C.CC.C[B]C(C)(C)CC.c1ccoc1. The highest BCUT2D eigenvalue weighted by atomic mass is 16.3. The van der Waals surface area contributed by atoms with Gasteiger partial charge in [-0.15, -0.1) is 0 Å². The molecule has 0 saturated carbocycles. The lowest BCUT2D eigenvalue weighted by Gasteiger charge is -2.17. The van der Waals surface area contributed by atoms with Crippen LogP contribution in [0.2, 0.25) is 12.1 Å². The Kier molecular flexibility index (Phi) is 17.7. The zero-order chi connectivity index (χ0) is 11.4. The van der Waals surface area contributed by atoms with Gasteiger partial charge in [-0.3, -0.25) is 0 Å². The van der Waals surface area contributed by atoms with Crippen molar-refractivity contribution in [1.29, 1.82) is 0 Å². The van der Waals surface area contributed by atoms with Crippen molar-refractivity contribution < 1.29 is 4.42 Å². The van der Waals surface area contributed by atoms with Gasteiger partial charge in [-0.1, -0.05) is 60.6 Å². The summed E-state index contributed by atoms with van der Waals surface area (Å²) in [7, 11) is 2.24. The highest BCUT2D eigenvalue weighted by Crippen LogP contribution is 2.25. The van der Waals surface area contributed by atoms with E-state index < -0.39 is 0 Å². The standard InChI is InChI=1S/C6H14B.C4H4O.C2H6.CH4/c1-5-6(2,3)7-4;1-2-4-5-3-1;1-2;/h5H2,1-4H3;1-4H;1-2H3;1H4. The van der Waals surface area contributed by atoms with E-state index in [9.17, 15) is 0 Å². The Bertz CT molecular complexity index is 145. The van der Waals surface area contributed by atoms with Crippen LogP contribution in [0.5, 0.6) is 0 Å².